The SMILES string of the molecule is CCC(OC)C(=O)NNC(=O)C(C)Oc1cccc(Br)c1. The van der Waals surface area contributed by atoms with Gasteiger partial charge in [0.15, 0.2) is 6.10 Å². The molecule has 1 aromatic carbocycles. The van der Waals surface area contributed by atoms with Crippen molar-refractivity contribution in [3.8, 4) is 5.75 Å². The van der Waals surface area contributed by atoms with Crippen molar-refractivity contribution < 1.29 is 19.1 Å². The van der Waals surface area contributed by atoms with Crippen molar-refractivity contribution in [2.45, 2.75) is 32.5 Å². The van der Waals surface area contributed by atoms with Gasteiger partial charge in [0.25, 0.3) is 11.8 Å². The molecule has 0 aliphatic carbocycles. The molecule has 0 spiro atoms. The van der Waals surface area contributed by atoms with Gasteiger partial charge in [-0.05, 0) is 31.5 Å². The summed E-state index contributed by atoms with van der Waals surface area (Å²) < 4.78 is 11.3. The molecule has 0 heterocycles. The number of carbonyl (C=O) groups is 2. The first-order valence-corrected chi connectivity index (χ1v) is 7.32. The Kier molecular flexibility index (Phi) is 7.18. The second-order valence-electron chi connectivity index (χ2n) is 4.33. The zero-order chi connectivity index (χ0) is 15.8. The second-order valence-corrected chi connectivity index (χ2v) is 5.24. The smallest absolute Gasteiger partial charge is 0.279 e. The maximum Gasteiger partial charge on any atom is 0.279 e. The summed E-state index contributed by atoms with van der Waals surface area (Å²) in [7, 11) is 1.44. The number of benzene rings is 1. The summed E-state index contributed by atoms with van der Waals surface area (Å²) >= 11 is 3.32. The molecule has 7 heteroatoms. The van der Waals surface area contributed by atoms with Gasteiger partial charge in [0.05, 0.1) is 0 Å². The van der Waals surface area contributed by atoms with Crippen molar-refractivity contribution in [2.24, 2.45) is 0 Å². The van der Waals surface area contributed by atoms with Crippen molar-refractivity contribution in [3.63, 3.8) is 0 Å². The van der Waals surface area contributed by atoms with E-state index >= 15 is 0 Å². The van der Waals surface area contributed by atoms with E-state index in [1.165, 1.54) is 7.11 Å². The Morgan fingerprint density at radius 1 is 1.29 bits per heavy atom. The quantitative estimate of drug-likeness (QED) is 0.760. The molecule has 2 amide bonds. The minimum absolute atomic E-state index is 0.400. The number of amides is 2. The fourth-order valence-corrected chi connectivity index (χ4v) is 1.94. The van der Waals surface area contributed by atoms with Crippen molar-refractivity contribution >= 4 is 27.7 Å². The van der Waals surface area contributed by atoms with Gasteiger partial charge < -0.3 is 9.47 Å². The van der Waals surface area contributed by atoms with Crippen LogP contribution in [-0.4, -0.2) is 31.1 Å². The van der Waals surface area contributed by atoms with E-state index < -0.39 is 24.0 Å². The Hall–Kier alpha value is -1.60. The molecule has 0 aromatic heterocycles. The molecule has 0 bridgehead atoms. The van der Waals surface area contributed by atoms with Crippen LogP contribution in [0, 0.1) is 0 Å². The van der Waals surface area contributed by atoms with Crippen LogP contribution in [0.2, 0.25) is 0 Å². The summed E-state index contributed by atoms with van der Waals surface area (Å²) in [5.74, 6) is -0.293. The molecule has 2 atom stereocenters. The van der Waals surface area contributed by atoms with Crippen LogP contribution in [0.4, 0.5) is 0 Å². The van der Waals surface area contributed by atoms with Crippen molar-refractivity contribution in [3.05, 3.63) is 28.7 Å². The maximum atomic E-state index is 11.8. The summed E-state index contributed by atoms with van der Waals surface area (Å²) in [6.07, 6.45) is -0.823. The lowest BCUT2D eigenvalue weighted by Gasteiger charge is -2.17. The Morgan fingerprint density at radius 3 is 2.52 bits per heavy atom. The number of hydrogen-bond donors (Lipinski definition) is 2. The molecule has 2 unspecified atom stereocenters. The largest absolute Gasteiger partial charge is 0.481 e. The highest BCUT2D eigenvalue weighted by atomic mass is 79.9. The average molecular weight is 359 g/mol. The Labute approximate surface area is 132 Å². The van der Waals surface area contributed by atoms with Gasteiger partial charge >= 0.3 is 0 Å². The van der Waals surface area contributed by atoms with Crippen molar-refractivity contribution in [2.75, 3.05) is 7.11 Å². The lowest BCUT2D eigenvalue weighted by atomic mass is 10.3. The van der Waals surface area contributed by atoms with Crippen LogP contribution in [0.3, 0.4) is 0 Å². The van der Waals surface area contributed by atoms with E-state index in [-0.39, 0.29) is 0 Å². The van der Waals surface area contributed by atoms with Crippen LogP contribution in [0.5, 0.6) is 5.75 Å². The van der Waals surface area contributed by atoms with Crippen LogP contribution in [0.1, 0.15) is 20.3 Å². The summed E-state index contributed by atoms with van der Waals surface area (Å²) in [5, 5.41) is 0. The van der Waals surface area contributed by atoms with E-state index in [9.17, 15) is 9.59 Å². The van der Waals surface area contributed by atoms with Gasteiger partial charge in [-0.2, -0.15) is 0 Å². The molecule has 1 rings (SSSR count). The van der Waals surface area contributed by atoms with E-state index in [2.05, 4.69) is 26.8 Å². The third-order valence-electron chi connectivity index (χ3n) is 2.73. The number of rotatable bonds is 6. The molecule has 0 saturated carbocycles. The monoisotopic (exact) mass is 358 g/mol. The Balaban J connectivity index is 2.46. The van der Waals surface area contributed by atoms with Crippen LogP contribution >= 0.6 is 15.9 Å². The maximum absolute atomic E-state index is 11.8. The number of ether oxygens (including phenoxy) is 2. The van der Waals surface area contributed by atoms with Gasteiger partial charge in [0.2, 0.25) is 0 Å². The van der Waals surface area contributed by atoms with E-state index in [1.54, 1.807) is 25.1 Å². The fraction of sp³-hybridized carbons (Fsp3) is 0.429. The first-order valence-electron chi connectivity index (χ1n) is 6.52. The summed E-state index contributed by atoms with van der Waals surface area (Å²) in [4.78, 5) is 23.5. The molecule has 0 aliphatic rings. The zero-order valence-corrected chi connectivity index (χ0v) is 13.8. The van der Waals surface area contributed by atoms with E-state index in [0.717, 1.165) is 4.47 Å². The number of nitrogens with one attached hydrogen (secondary N) is 2. The van der Waals surface area contributed by atoms with E-state index in [4.69, 9.17) is 9.47 Å². The number of halogens is 1. The van der Waals surface area contributed by atoms with Gasteiger partial charge in [-0.25, -0.2) is 0 Å². The molecule has 0 radical (unpaired) electrons. The number of methoxy groups -OCH3 is 1. The minimum atomic E-state index is -0.748. The predicted molar refractivity (Wildman–Crippen MR) is 81.6 cm³/mol. The van der Waals surface area contributed by atoms with Crippen LogP contribution in [0.15, 0.2) is 28.7 Å². The summed E-state index contributed by atoms with van der Waals surface area (Å²) in [5.41, 5.74) is 4.62. The van der Waals surface area contributed by atoms with Gasteiger partial charge in [-0.15, -0.1) is 0 Å². The number of hydrazine groups is 1. The molecule has 0 fully saturated rings. The molecule has 116 valence electrons. The molecular formula is C14H19BrN2O4. The van der Waals surface area contributed by atoms with Gasteiger partial charge in [0.1, 0.15) is 11.9 Å². The van der Waals surface area contributed by atoms with Crippen LogP contribution in [-0.2, 0) is 14.3 Å². The van der Waals surface area contributed by atoms with Gasteiger partial charge in [-0.1, -0.05) is 28.9 Å². The topological polar surface area (TPSA) is 76.7 Å². The highest BCUT2D eigenvalue weighted by Crippen LogP contribution is 2.18. The Morgan fingerprint density at radius 2 is 1.95 bits per heavy atom. The summed E-state index contributed by atoms with van der Waals surface area (Å²) in [6.45, 7) is 3.41. The molecular weight excluding hydrogens is 340 g/mol. The first kappa shape index (κ1) is 17.5. The average Bonchev–Trinajstić information content (AvgIpc) is 2.46. The zero-order valence-electron chi connectivity index (χ0n) is 12.2. The summed E-state index contributed by atoms with van der Waals surface area (Å²) in [6, 6.07) is 7.15. The van der Waals surface area contributed by atoms with E-state index in [1.807, 2.05) is 13.0 Å². The molecule has 0 saturated heterocycles. The Bertz CT molecular complexity index is 492. The van der Waals surface area contributed by atoms with Crippen molar-refractivity contribution in [1.29, 1.82) is 0 Å². The van der Waals surface area contributed by atoms with Crippen LogP contribution in [0.25, 0.3) is 0 Å². The molecule has 0 aliphatic heterocycles. The van der Waals surface area contributed by atoms with Crippen molar-refractivity contribution in [1.82, 2.24) is 10.9 Å². The number of carbonyl (C=O) groups excluding carboxylic acids is 2. The molecule has 1 aromatic rings. The predicted octanol–water partition coefficient (Wildman–Crippen LogP) is 1.79. The lowest BCUT2D eigenvalue weighted by molar-refractivity contribution is -0.137. The molecule has 21 heavy (non-hydrogen) atoms. The third kappa shape index (κ3) is 5.73. The second kappa shape index (κ2) is 8.63. The fourth-order valence-electron chi connectivity index (χ4n) is 1.56. The molecule has 2 N–H and O–H groups in total. The highest BCUT2D eigenvalue weighted by Gasteiger charge is 2.19. The number of hydrogen-bond acceptors (Lipinski definition) is 4. The normalized spacial score (nSPS) is 13.1. The third-order valence-corrected chi connectivity index (χ3v) is 3.23. The van der Waals surface area contributed by atoms with Gasteiger partial charge in [-0.3, -0.25) is 20.4 Å². The van der Waals surface area contributed by atoms with Gasteiger partial charge in [0, 0.05) is 11.6 Å². The van der Waals surface area contributed by atoms with Crippen LogP contribution < -0.4 is 15.6 Å². The lowest BCUT2D eigenvalue weighted by Crippen LogP contribution is -2.50. The minimum Gasteiger partial charge on any atom is -0.481 e. The van der Waals surface area contributed by atoms with E-state index in [0.29, 0.717) is 12.2 Å². The first-order chi connectivity index (χ1) is 9.97. The molecule has 6 nitrogen and oxygen atoms in total. The standard InChI is InChI=1S/C14H19BrN2O4/c1-4-12(20-3)14(19)17-16-13(18)9(2)21-11-7-5-6-10(15)8-11/h5-9,12H,4H2,1-3H3,(H,16,18)(H,17,19). The highest BCUT2D eigenvalue weighted by molar-refractivity contribution is 9.10.